The summed E-state index contributed by atoms with van der Waals surface area (Å²) in [6, 6.07) is 15.1. The van der Waals surface area contributed by atoms with Crippen molar-refractivity contribution in [2.75, 3.05) is 11.0 Å². The number of carbonyl (C=O) groups excluding carboxylic acids is 1. The largest absolute Gasteiger partial charge is 0.283 e. The molecule has 6 nitrogen and oxygen atoms in total. The average Bonchev–Trinajstić information content (AvgIpc) is 3.13. The molecule has 1 aliphatic rings. The smallest absolute Gasteiger partial charge is 0.246 e. The molecule has 1 aliphatic heterocycles. The number of carbonyl (C=O) groups is 1. The van der Waals surface area contributed by atoms with Crippen LogP contribution in [0.4, 0.5) is 5.69 Å². The standard InChI is InChI=1S/C23H29N3O3S/c1-5-17(6-2)23(27)26-22(18-11-9-10-16(3)14-18)15-21(24-26)19-12-7-8-13-20(19)25-30(4,28)29/h7-14,17,22,25H,5-6,15H2,1-4H3/t22-/m0/s1. The number of benzene rings is 2. The van der Waals surface area contributed by atoms with Crippen molar-refractivity contribution in [3.63, 3.8) is 0 Å². The first kappa shape index (κ1) is 22.0. The van der Waals surface area contributed by atoms with Crippen LogP contribution in [0, 0.1) is 12.8 Å². The van der Waals surface area contributed by atoms with Gasteiger partial charge in [-0.1, -0.05) is 61.9 Å². The molecule has 0 fully saturated rings. The molecule has 30 heavy (non-hydrogen) atoms. The third-order valence-corrected chi connectivity index (χ3v) is 6.02. The van der Waals surface area contributed by atoms with E-state index in [-0.39, 0.29) is 17.9 Å². The van der Waals surface area contributed by atoms with E-state index < -0.39 is 10.0 Å². The Bertz CT molecular complexity index is 1060. The van der Waals surface area contributed by atoms with Crippen LogP contribution in [-0.2, 0) is 14.8 Å². The Morgan fingerprint density at radius 3 is 2.50 bits per heavy atom. The highest BCUT2D eigenvalue weighted by Gasteiger charge is 2.36. The van der Waals surface area contributed by atoms with Crippen LogP contribution in [0.25, 0.3) is 0 Å². The molecule has 0 aliphatic carbocycles. The van der Waals surface area contributed by atoms with Gasteiger partial charge in [0.1, 0.15) is 0 Å². The van der Waals surface area contributed by atoms with E-state index >= 15 is 0 Å². The SMILES string of the molecule is CCC(CC)C(=O)N1N=C(c2ccccc2NS(C)(=O)=O)C[C@H]1c1cccc(C)c1. The number of hydrogen-bond acceptors (Lipinski definition) is 4. The maximum absolute atomic E-state index is 13.3. The van der Waals surface area contributed by atoms with Crippen molar-refractivity contribution >= 4 is 27.3 Å². The number of hydrogen-bond donors (Lipinski definition) is 1. The lowest BCUT2D eigenvalue weighted by Crippen LogP contribution is -2.32. The van der Waals surface area contributed by atoms with E-state index in [1.165, 1.54) is 0 Å². The molecule has 0 unspecified atom stereocenters. The number of para-hydroxylation sites is 1. The molecule has 1 heterocycles. The Hall–Kier alpha value is -2.67. The van der Waals surface area contributed by atoms with E-state index in [1.54, 1.807) is 17.1 Å². The second-order valence-electron chi connectivity index (χ2n) is 7.80. The van der Waals surface area contributed by atoms with E-state index in [1.807, 2.05) is 51.1 Å². The van der Waals surface area contributed by atoms with Gasteiger partial charge in [-0.2, -0.15) is 5.10 Å². The molecule has 1 atom stereocenters. The van der Waals surface area contributed by atoms with Crippen molar-refractivity contribution in [1.82, 2.24) is 5.01 Å². The minimum Gasteiger partial charge on any atom is -0.283 e. The van der Waals surface area contributed by atoms with Crippen LogP contribution in [0.2, 0.25) is 0 Å². The summed E-state index contributed by atoms with van der Waals surface area (Å²) in [7, 11) is -3.44. The summed E-state index contributed by atoms with van der Waals surface area (Å²) >= 11 is 0. The van der Waals surface area contributed by atoms with Crippen LogP contribution in [0.3, 0.4) is 0 Å². The van der Waals surface area contributed by atoms with E-state index in [0.717, 1.165) is 30.2 Å². The summed E-state index contributed by atoms with van der Waals surface area (Å²) in [6.07, 6.45) is 3.16. The van der Waals surface area contributed by atoms with Crippen molar-refractivity contribution in [1.29, 1.82) is 0 Å². The van der Waals surface area contributed by atoms with Crippen LogP contribution in [0.15, 0.2) is 53.6 Å². The Labute approximate surface area is 179 Å². The minimum absolute atomic E-state index is 0.00931. The van der Waals surface area contributed by atoms with Crippen LogP contribution in [0.1, 0.15) is 55.8 Å². The second-order valence-corrected chi connectivity index (χ2v) is 9.55. The minimum atomic E-state index is -3.44. The Morgan fingerprint density at radius 2 is 1.87 bits per heavy atom. The molecular weight excluding hydrogens is 398 g/mol. The van der Waals surface area contributed by atoms with Crippen molar-refractivity contribution in [2.45, 2.75) is 46.1 Å². The number of anilines is 1. The van der Waals surface area contributed by atoms with Crippen LogP contribution >= 0.6 is 0 Å². The summed E-state index contributed by atoms with van der Waals surface area (Å²) in [5.41, 5.74) is 4.02. The number of aryl methyl sites for hydroxylation is 1. The molecule has 0 saturated heterocycles. The summed E-state index contributed by atoms with van der Waals surface area (Å²) in [5, 5.41) is 6.33. The number of nitrogens with zero attached hydrogens (tertiary/aromatic N) is 2. The molecule has 2 aromatic carbocycles. The molecule has 1 N–H and O–H groups in total. The Balaban J connectivity index is 2.05. The van der Waals surface area contributed by atoms with Gasteiger partial charge in [-0.25, -0.2) is 13.4 Å². The van der Waals surface area contributed by atoms with E-state index in [9.17, 15) is 13.2 Å². The molecule has 2 aromatic rings. The summed E-state index contributed by atoms with van der Waals surface area (Å²) in [5.74, 6) is -0.0835. The van der Waals surface area contributed by atoms with Crippen molar-refractivity contribution in [3.05, 3.63) is 65.2 Å². The molecule has 0 aromatic heterocycles. The summed E-state index contributed by atoms with van der Waals surface area (Å²) in [4.78, 5) is 13.3. The predicted octanol–water partition coefficient (Wildman–Crippen LogP) is 4.48. The molecule has 0 radical (unpaired) electrons. The highest BCUT2D eigenvalue weighted by molar-refractivity contribution is 7.92. The molecule has 1 amide bonds. The molecule has 3 rings (SSSR count). The fourth-order valence-corrected chi connectivity index (χ4v) is 4.44. The zero-order chi connectivity index (χ0) is 21.9. The van der Waals surface area contributed by atoms with Crippen molar-refractivity contribution < 1.29 is 13.2 Å². The molecule has 160 valence electrons. The third kappa shape index (κ3) is 4.90. The molecular formula is C23H29N3O3S. The fourth-order valence-electron chi connectivity index (χ4n) is 3.86. The quantitative estimate of drug-likeness (QED) is 0.707. The highest BCUT2D eigenvalue weighted by Crippen LogP contribution is 2.36. The van der Waals surface area contributed by atoms with Gasteiger partial charge in [0.25, 0.3) is 0 Å². The van der Waals surface area contributed by atoms with Crippen LogP contribution < -0.4 is 4.72 Å². The highest BCUT2D eigenvalue weighted by atomic mass is 32.2. The number of hydrazone groups is 1. The third-order valence-electron chi connectivity index (χ3n) is 5.43. The lowest BCUT2D eigenvalue weighted by Gasteiger charge is -2.25. The van der Waals surface area contributed by atoms with Gasteiger partial charge in [-0.3, -0.25) is 9.52 Å². The van der Waals surface area contributed by atoms with Gasteiger partial charge in [0.05, 0.1) is 23.7 Å². The van der Waals surface area contributed by atoms with Crippen LogP contribution in [0.5, 0.6) is 0 Å². The first-order chi connectivity index (χ1) is 14.2. The average molecular weight is 428 g/mol. The first-order valence-corrected chi connectivity index (χ1v) is 12.2. The zero-order valence-corrected chi connectivity index (χ0v) is 18.7. The fraction of sp³-hybridized carbons (Fsp3) is 0.391. The van der Waals surface area contributed by atoms with E-state index in [4.69, 9.17) is 5.10 Å². The summed E-state index contributed by atoms with van der Waals surface area (Å²) in [6.45, 7) is 6.05. The predicted molar refractivity (Wildman–Crippen MR) is 121 cm³/mol. The van der Waals surface area contributed by atoms with Gasteiger partial charge in [-0.15, -0.1) is 0 Å². The topological polar surface area (TPSA) is 78.8 Å². The van der Waals surface area contributed by atoms with E-state index in [0.29, 0.717) is 23.4 Å². The lowest BCUT2D eigenvalue weighted by molar-refractivity contribution is -0.137. The van der Waals surface area contributed by atoms with Gasteiger partial charge in [0.15, 0.2) is 0 Å². The van der Waals surface area contributed by atoms with Crippen molar-refractivity contribution in [3.8, 4) is 0 Å². The maximum atomic E-state index is 13.3. The second kappa shape index (κ2) is 9.00. The monoisotopic (exact) mass is 427 g/mol. The number of nitrogens with one attached hydrogen (secondary N) is 1. The maximum Gasteiger partial charge on any atom is 0.246 e. The van der Waals surface area contributed by atoms with E-state index in [2.05, 4.69) is 10.8 Å². The van der Waals surface area contributed by atoms with Crippen molar-refractivity contribution in [2.24, 2.45) is 11.0 Å². The molecule has 0 spiro atoms. The molecule has 7 heteroatoms. The molecule has 0 saturated carbocycles. The van der Waals surface area contributed by atoms with Gasteiger partial charge in [-0.05, 0) is 31.4 Å². The normalized spacial score (nSPS) is 16.6. The lowest BCUT2D eigenvalue weighted by atomic mass is 9.95. The Kier molecular flexibility index (Phi) is 6.61. The zero-order valence-electron chi connectivity index (χ0n) is 17.9. The van der Waals surface area contributed by atoms with Gasteiger partial charge < -0.3 is 0 Å². The Morgan fingerprint density at radius 1 is 1.17 bits per heavy atom. The summed E-state index contributed by atoms with van der Waals surface area (Å²) < 4.78 is 26.2. The first-order valence-electron chi connectivity index (χ1n) is 10.3. The number of rotatable bonds is 7. The van der Waals surface area contributed by atoms with Gasteiger partial charge in [0.2, 0.25) is 15.9 Å². The van der Waals surface area contributed by atoms with Gasteiger partial charge in [0, 0.05) is 17.9 Å². The van der Waals surface area contributed by atoms with Crippen LogP contribution in [-0.4, -0.2) is 31.3 Å². The number of sulfonamides is 1. The number of amides is 1. The molecule has 0 bridgehead atoms. The van der Waals surface area contributed by atoms with Gasteiger partial charge >= 0.3 is 0 Å².